The van der Waals surface area contributed by atoms with Crippen LogP contribution in [0.5, 0.6) is 0 Å². The summed E-state index contributed by atoms with van der Waals surface area (Å²) in [4.78, 5) is 37.8. The maximum atomic E-state index is 12.2. The highest BCUT2D eigenvalue weighted by Crippen LogP contribution is 2.11. The van der Waals surface area contributed by atoms with E-state index in [1.54, 1.807) is 0 Å². The number of piperidine rings is 1. The molecule has 2 rings (SSSR count). The fourth-order valence-electron chi connectivity index (χ4n) is 2.63. The van der Waals surface area contributed by atoms with Crippen LogP contribution in [-0.4, -0.2) is 42.3 Å². The minimum absolute atomic E-state index is 0.197. The number of likely N-dealkylation sites (N-methyl/N-ethyl adjacent to an activating group) is 1. The lowest BCUT2D eigenvalue weighted by molar-refractivity contribution is -0.148. The molecule has 0 saturated carbocycles. The summed E-state index contributed by atoms with van der Waals surface area (Å²) in [5, 5.41) is 5.41. The van der Waals surface area contributed by atoms with E-state index in [1.165, 1.54) is 4.90 Å². The van der Waals surface area contributed by atoms with Crippen LogP contribution in [0.1, 0.15) is 25.3 Å². The SMILES string of the molecule is CCN(Cc1ccccc1)C(=O)C(=O)NC(=O)C1CCNCC1. The van der Waals surface area contributed by atoms with Crippen LogP contribution in [-0.2, 0) is 20.9 Å². The van der Waals surface area contributed by atoms with Gasteiger partial charge in [0.2, 0.25) is 5.91 Å². The maximum absolute atomic E-state index is 12.2. The highest BCUT2D eigenvalue weighted by molar-refractivity contribution is 6.37. The van der Waals surface area contributed by atoms with Gasteiger partial charge in [-0.2, -0.15) is 0 Å². The summed E-state index contributed by atoms with van der Waals surface area (Å²) >= 11 is 0. The van der Waals surface area contributed by atoms with Gasteiger partial charge in [-0.1, -0.05) is 30.3 Å². The van der Waals surface area contributed by atoms with E-state index < -0.39 is 11.8 Å². The summed E-state index contributed by atoms with van der Waals surface area (Å²) in [5.41, 5.74) is 0.945. The molecule has 6 heteroatoms. The number of benzene rings is 1. The average Bonchev–Trinajstić information content (AvgIpc) is 2.60. The number of hydrogen-bond acceptors (Lipinski definition) is 4. The van der Waals surface area contributed by atoms with Crippen molar-refractivity contribution in [1.82, 2.24) is 15.5 Å². The number of imide groups is 1. The zero-order chi connectivity index (χ0) is 16.7. The van der Waals surface area contributed by atoms with Gasteiger partial charge in [0, 0.05) is 19.0 Å². The smallest absolute Gasteiger partial charge is 0.316 e. The zero-order valence-electron chi connectivity index (χ0n) is 13.4. The number of amides is 3. The molecule has 1 fully saturated rings. The Balaban J connectivity index is 1.91. The van der Waals surface area contributed by atoms with Crippen molar-refractivity contribution in [3.05, 3.63) is 35.9 Å². The van der Waals surface area contributed by atoms with E-state index in [4.69, 9.17) is 0 Å². The lowest BCUT2D eigenvalue weighted by Crippen LogP contribution is -2.47. The number of carbonyl (C=O) groups is 3. The quantitative estimate of drug-likeness (QED) is 0.801. The molecule has 1 heterocycles. The van der Waals surface area contributed by atoms with Gasteiger partial charge in [0.15, 0.2) is 0 Å². The van der Waals surface area contributed by atoms with Gasteiger partial charge >= 0.3 is 11.8 Å². The summed E-state index contributed by atoms with van der Waals surface area (Å²) in [5.74, 6) is -2.05. The van der Waals surface area contributed by atoms with Crippen molar-refractivity contribution in [3.8, 4) is 0 Å². The molecule has 1 aliphatic heterocycles. The molecule has 1 aliphatic rings. The van der Waals surface area contributed by atoms with Crippen molar-refractivity contribution in [2.75, 3.05) is 19.6 Å². The highest BCUT2D eigenvalue weighted by atomic mass is 16.2. The number of carbonyl (C=O) groups excluding carboxylic acids is 3. The molecule has 23 heavy (non-hydrogen) atoms. The number of rotatable bonds is 4. The number of nitrogens with one attached hydrogen (secondary N) is 2. The van der Waals surface area contributed by atoms with Crippen LogP contribution in [0, 0.1) is 5.92 Å². The van der Waals surface area contributed by atoms with Gasteiger partial charge in [0.25, 0.3) is 0 Å². The molecule has 124 valence electrons. The second-order valence-electron chi connectivity index (χ2n) is 5.65. The normalized spacial score (nSPS) is 15.0. The number of hydrogen-bond donors (Lipinski definition) is 2. The Bertz CT molecular complexity index is 553. The number of nitrogens with zero attached hydrogens (tertiary/aromatic N) is 1. The van der Waals surface area contributed by atoms with Gasteiger partial charge in [-0.25, -0.2) is 0 Å². The van der Waals surface area contributed by atoms with Crippen molar-refractivity contribution in [2.24, 2.45) is 5.92 Å². The Labute approximate surface area is 136 Å². The predicted octanol–water partition coefficient (Wildman–Crippen LogP) is 0.677. The first-order valence-electron chi connectivity index (χ1n) is 8.00. The van der Waals surface area contributed by atoms with E-state index in [2.05, 4.69) is 10.6 Å². The summed E-state index contributed by atoms with van der Waals surface area (Å²) in [6, 6.07) is 9.46. The molecular weight excluding hydrogens is 294 g/mol. The largest absolute Gasteiger partial charge is 0.330 e. The molecule has 3 amide bonds. The van der Waals surface area contributed by atoms with Crippen molar-refractivity contribution < 1.29 is 14.4 Å². The third-order valence-corrected chi connectivity index (χ3v) is 4.03. The molecule has 0 unspecified atom stereocenters. The maximum Gasteiger partial charge on any atom is 0.316 e. The van der Waals surface area contributed by atoms with E-state index in [1.807, 2.05) is 37.3 Å². The Morgan fingerprint density at radius 3 is 2.43 bits per heavy atom. The van der Waals surface area contributed by atoms with Crippen LogP contribution in [0.15, 0.2) is 30.3 Å². The van der Waals surface area contributed by atoms with Gasteiger partial charge < -0.3 is 10.2 Å². The van der Waals surface area contributed by atoms with Gasteiger partial charge in [-0.3, -0.25) is 19.7 Å². The molecule has 6 nitrogen and oxygen atoms in total. The Hall–Kier alpha value is -2.21. The summed E-state index contributed by atoms with van der Waals surface area (Å²) in [7, 11) is 0. The summed E-state index contributed by atoms with van der Waals surface area (Å²) in [6.07, 6.45) is 1.38. The topological polar surface area (TPSA) is 78.5 Å². The molecule has 0 radical (unpaired) electrons. The van der Waals surface area contributed by atoms with E-state index in [9.17, 15) is 14.4 Å². The molecule has 0 atom stereocenters. The standard InChI is InChI=1S/C17H23N3O3/c1-2-20(12-13-6-4-3-5-7-13)17(23)16(22)19-15(21)14-8-10-18-11-9-14/h3-7,14,18H,2,8-12H2,1H3,(H,19,21,22). The minimum Gasteiger partial charge on any atom is -0.330 e. The Morgan fingerprint density at radius 2 is 1.83 bits per heavy atom. The predicted molar refractivity (Wildman–Crippen MR) is 86.3 cm³/mol. The lowest BCUT2D eigenvalue weighted by atomic mass is 9.97. The van der Waals surface area contributed by atoms with E-state index in [0.717, 1.165) is 18.7 Å². The lowest BCUT2D eigenvalue weighted by Gasteiger charge is -2.23. The third-order valence-electron chi connectivity index (χ3n) is 4.03. The van der Waals surface area contributed by atoms with Crippen LogP contribution in [0.25, 0.3) is 0 Å². The van der Waals surface area contributed by atoms with E-state index in [0.29, 0.717) is 25.9 Å². The second-order valence-corrected chi connectivity index (χ2v) is 5.65. The molecule has 2 N–H and O–H groups in total. The van der Waals surface area contributed by atoms with Crippen molar-refractivity contribution in [3.63, 3.8) is 0 Å². The van der Waals surface area contributed by atoms with Gasteiger partial charge in [0.1, 0.15) is 0 Å². The molecule has 0 spiro atoms. The van der Waals surface area contributed by atoms with Gasteiger partial charge in [0.05, 0.1) is 0 Å². The second kappa shape index (κ2) is 8.43. The molecule has 0 aliphatic carbocycles. The first-order valence-corrected chi connectivity index (χ1v) is 8.00. The molecule has 1 aromatic rings. The molecule has 1 aromatic carbocycles. The van der Waals surface area contributed by atoms with Crippen LogP contribution >= 0.6 is 0 Å². The van der Waals surface area contributed by atoms with Gasteiger partial charge in [-0.05, 0) is 38.4 Å². The first kappa shape index (κ1) is 17.1. The van der Waals surface area contributed by atoms with Crippen molar-refractivity contribution in [2.45, 2.75) is 26.3 Å². The van der Waals surface area contributed by atoms with Crippen LogP contribution in [0.3, 0.4) is 0 Å². The molecule has 0 aromatic heterocycles. The minimum atomic E-state index is -0.841. The molecular formula is C17H23N3O3. The first-order chi connectivity index (χ1) is 11.1. The Morgan fingerprint density at radius 1 is 1.17 bits per heavy atom. The van der Waals surface area contributed by atoms with E-state index in [-0.39, 0.29) is 11.8 Å². The Kier molecular flexibility index (Phi) is 6.29. The average molecular weight is 317 g/mol. The summed E-state index contributed by atoms with van der Waals surface area (Å²) in [6.45, 7) is 4.08. The van der Waals surface area contributed by atoms with Crippen molar-refractivity contribution >= 4 is 17.7 Å². The fourth-order valence-corrected chi connectivity index (χ4v) is 2.63. The third kappa shape index (κ3) is 4.89. The van der Waals surface area contributed by atoms with Crippen LogP contribution in [0.4, 0.5) is 0 Å². The van der Waals surface area contributed by atoms with Crippen LogP contribution in [0.2, 0.25) is 0 Å². The zero-order valence-corrected chi connectivity index (χ0v) is 13.4. The molecule has 1 saturated heterocycles. The monoisotopic (exact) mass is 317 g/mol. The van der Waals surface area contributed by atoms with Crippen LogP contribution < -0.4 is 10.6 Å². The molecule has 0 bridgehead atoms. The highest BCUT2D eigenvalue weighted by Gasteiger charge is 2.27. The van der Waals surface area contributed by atoms with Gasteiger partial charge in [-0.15, -0.1) is 0 Å². The summed E-state index contributed by atoms with van der Waals surface area (Å²) < 4.78 is 0. The van der Waals surface area contributed by atoms with Crippen molar-refractivity contribution in [1.29, 1.82) is 0 Å². The van der Waals surface area contributed by atoms with E-state index >= 15 is 0 Å². The fraction of sp³-hybridized carbons (Fsp3) is 0.471.